The lowest BCUT2D eigenvalue weighted by Crippen LogP contribution is -2.34. The van der Waals surface area contributed by atoms with Crippen molar-refractivity contribution >= 4 is 18.6 Å². The van der Waals surface area contributed by atoms with E-state index in [4.69, 9.17) is 0 Å². The van der Waals surface area contributed by atoms with Crippen molar-refractivity contribution in [2.45, 2.75) is 43.8 Å². The molecule has 17 heavy (non-hydrogen) atoms. The van der Waals surface area contributed by atoms with Crippen LogP contribution in [0.2, 0.25) is 10.6 Å². The molecule has 0 amide bonds. The monoisotopic (exact) mass is 247 g/mol. The van der Waals surface area contributed by atoms with Crippen molar-refractivity contribution in [3.8, 4) is 0 Å². The highest BCUT2D eigenvalue weighted by Crippen LogP contribution is 2.10. The highest BCUT2D eigenvalue weighted by atomic mass is 27.2. The Kier molecular flexibility index (Phi) is 6.89. The molecule has 0 aliphatic rings. The summed E-state index contributed by atoms with van der Waals surface area (Å²) in [5, 5.41) is 2.91. The van der Waals surface area contributed by atoms with Crippen LogP contribution in [0.1, 0.15) is 32.3 Å². The molecule has 0 fully saturated rings. The number of hydrogen-bond donors (Lipinski definition) is 0. The first-order valence-electron chi connectivity index (χ1n) is 6.91. The van der Waals surface area contributed by atoms with Crippen molar-refractivity contribution < 1.29 is 0 Å². The first kappa shape index (κ1) is 14.8. The predicted octanol–water partition coefficient (Wildman–Crippen LogP) is 3.27. The van der Waals surface area contributed by atoms with Crippen LogP contribution in [0, 0.1) is 0 Å². The molecule has 94 valence electrons. The highest BCUT2D eigenvalue weighted by molar-refractivity contribution is 6.73. The molecule has 0 atom stereocenters. The van der Waals surface area contributed by atoms with E-state index in [2.05, 4.69) is 57.1 Å². The Balaban J connectivity index is 2.91. The fourth-order valence-corrected chi connectivity index (χ4v) is 5.97. The van der Waals surface area contributed by atoms with Crippen LogP contribution in [-0.2, 0) is 6.54 Å². The summed E-state index contributed by atoms with van der Waals surface area (Å²) >= 11 is -0.717. The molecule has 1 aromatic rings. The van der Waals surface area contributed by atoms with Crippen molar-refractivity contribution in [1.82, 2.24) is 4.90 Å². The fourth-order valence-electron chi connectivity index (χ4n) is 2.57. The van der Waals surface area contributed by atoms with Crippen LogP contribution in [0.4, 0.5) is 0 Å². The average molecular weight is 247 g/mol. The Morgan fingerprint density at radius 1 is 1.00 bits per heavy atom. The van der Waals surface area contributed by atoms with E-state index in [1.807, 2.05) is 0 Å². The zero-order valence-electron chi connectivity index (χ0n) is 11.9. The number of hydrogen-bond acceptors (Lipinski definition) is 1. The van der Waals surface area contributed by atoms with Gasteiger partial charge in [0.25, 0.3) is 0 Å². The molecule has 1 nitrogen and oxygen atoms in total. The molecule has 0 saturated carbocycles. The van der Waals surface area contributed by atoms with Crippen LogP contribution in [0.25, 0.3) is 0 Å². The van der Waals surface area contributed by atoms with Crippen molar-refractivity contribution in [3.05, 3.63) is 29.8 Å². The fraction of sp³-hybridized carbons (Fsp3) is 0.600. The number of nitrogens with zero attached hydrogens (tertiary/aromatic N) is 1. The zero-order chi connectivity index (χ0) is 12.7. The molecule has 1 rings (SSSR count). The molecule has 0 N–H and O–H groups in total. The Hall–Kier alpha value is -0.288. The van der Waals surface area contributed by atoms with Crippen LogP contribution in [0.5, 0.6) is 0 Å². The van der Waals surface area contributed by atoms with Crippen molar-refractivity contribution in [3.63, 3.8) is 0 Å². The molecule has 0 unspecified atom stereocenters. The van der Waals surface area contributed by atoms with Gasteiger partial charge in [0.2, 0.25) is 0 Å². The zero-order valence-corrected chi connectivity index (χ0v) is 13.0. The molecule has 0 aliphatic carbocycles. The standard InChI is InChI=1S/C9H12N.2C3H7.Al/c1-10(2)8-9-6-4-3-5-7-9;2*1-3-2;/h3-6H,8H2,1-2H3;2*1,3H2,2H3;. The van der Waals surface area contributed by atoms with Gasteiger partial charge < -0.3 is 4.90 Å². The summed E-state index contributed by atoms with van der Waals surface area (Å²) in [6.45, 7) is 5.74. The van der Waals surface area contributed by atoms with E-state index in [0.717, 1.165) is 6.54 Å². The summed E-state index contributed by atoms with van der Waals surface area (Å²) in [4.78, 5) is 2.28. The molecule has 0 heterocycles. The molecule has 0 aliphatic heterocycles. The third kappa shape index (κ3) is 4.84. The molecule has 2 heteroatoms. The maximum Gasteiger partial charge on any atom is 0.306 e. The molecule has 0 spiro atoms. The Morgan fingerprint density at radius 3 is 2.12 bits per heavy atom. The second-order valence-electron chi connectivity index (χ2n) is 5.21. The Morgan fingerprint density at radius 2 is 1.59 bits per heavy atom. The quantitative estimate of drug-likeness (QED) is 0.668. The first-order chi connectivity index (χ1) is 8.19. The highest BCUT2D eigenvalue weighted by Gasteiger charge is 2.20. The van der Waals surface area contributed by atoms with Crippen molar-refractivity contribution in [1.29, 1.82) is 0 Å². The lowest BCUT2D eigenvalue weighted by atomic mass is 10.2. The average Bonchev–Trinajstić information content (AvgIpc) is 2.29. The first-order valence-corrected chi connectivity index (χ1v) is 9.12. The maximum absolute atomic E-state index is 2.39. The summed E-state index contributed by atoms with van der Waals surface area (Å²) in [5.74, 6) is 0. The molecule has 0 saturated heterocycles. The van der Waals surface area contributed by atoms with E-state index < -0.39 is 14.1 Å². The van der Waals surface area contributed by atoms with Gasteiger partial charge >= 0.3 is 14.1 Å². The molecule has 0 aromatic heterocycles. The van der Waals surface area contributed by atoms with Crippen LogP contribution < -0.4 is 4.43 Å². The summed E-state index contributed by atoms with van der Waals surface area (Å²) in [6.07, 6.45) is 2.68. The number of rotatable bonds is 7. The van der Waals surface area contributed by atoms with Gasteiger partial charge in [-0.15, -0.1) is 4.43 Å². The minimum atomic E-state index is -0.717. The van der Waals surface area contributed by atoms with Gasteiger partial charge in [-0.05, 0) is 19.7 Å². The predicted molar refractivity (Wildman–Crippen MR) is 79.4 cm³/mol. The molecule has 1 aromatic carbocycles. The van der Waals surface area contributed by atoms with Crippen LogP contribution in [-0.4, -0.2) is 33.1 Å². The van der Waals surface area contributed by atoms with Gasteiger partial charge in [-0.3, -0.25) is 0 Å². The van der Waals surface area contributed by atoms with E-state index >= 15 is 0 Å². The SMILES string of the molecule is CC[CH2][Al]([CH2]CC)[c]1ccccc1CN(C)C. The minimum Gasteiger partial charge on any atom is -0.305 e. The van der Waals surface area contributed by atoms with E-state index in [9.17, 15) is 0 Å². The molecule has 0 radical (unpaired) electrons. The third-order valence-corrected chi connectivity index (χ3v) is 7.25. The lowest BCUT2D eigenvalue weighted by molar-refractivity contribution is 0.403. The van der Waals surface area contributed by atoms with Gasteiger partial charge in [0.05, 0.1) is 0 Å². The maximum atomic E-state index is 2.39. The van der Waals surface area contributed by atoms with Gasteiger partial charge in [0.1, 0.15) is 0 Å². The van der Waals surface area contributed by atoms with Crippen LogP contribution >= 0.6 is 0 Å². The second-order valence-corrected chi connectivity index (χ2v) is 8.38. The smallest absolute Gasteiger partial charge is 0.305 e. The topological polar surface area (TPSA) is 3.24 Å². The third-order valence-electron chi connectivity index (χ3n) is 3.26. The van der Waals surface area contributed by atoms with E-state index in [1.54, 1.807) is 9.99 Å². The summed E-state index contributed by atoms with van der Waals surface area (Å²) in [6, 6.07) is 9.12. The Bertz CT molecular complexity index is 316. The van der Waals surface area contributed by atoms with Gasteiger partial charge in [-0.1, -0.05) is 61.5 Å². The van der Waals surface area contributed by atoms with Gasteiger partial charge in [-0.25, -0.2) is 0 Å². The summed E-state index contributed by atoms with van der Waals surface area (Å²) in [5.41, 5.74) is 1.57. The molecular weight excluding hydrogens is 221 g/mol. The summed E-state index contributed by atoms with van der Waals surface area (Å²) in [7, 11) is 4.32. The largest absolute Gasteiger partial charge is 0.306 e. The van der Waals surface area contributed by atoms with Gasteiger partial charge in [-0.2, -0.15) is 0 Å². The van der Waals surface area contributed by atoms with Gasteiger partial charge in [0.15, 0.2) is 0 Å². The minimum absolute atomic E-state index is 0.717. The summed E-state index contributed by atoms with van der Waals surface area (Å²) < 4.78 is 1.71. The normalized spacial score (nSPS) is 10.9. The van der Waals surface area contributed by atoms with E-state index in [1.165, 1.54) is 23.4 Å². The lowest BCUT2D eigenvalue weighted by Gasteiger charge is -2.18. The van der Waals surface area contributed by atoms with Crippen LogP contribution in [0.3, 0.4) is 0 Å². The number of benzene rings is 1. The van der Waals surface area contributed by atoms with E-state index in [0.29, 0.717) is 0 Å². The van der Waals surface area contributed by atoms with Crippen LogP contribution in [0.15, 0.2) is 24.3 Å². The van der Waals surface area contributed by atoms with E-state index in [-0.39, 0.29) is 0 Å². The van der Waals surface area contributed by atoms with Gasteiger partial charge in [0, 0.05) is 6.54 Å². The van der Waals surface area contributed by atoms with Crippen molar-refractivity contribution in [2.75, 3.05) is 14.1 Å². The molecule has 0 bridgehead atoms. The second kappa shape index (κ2) is 7.93. The Labute approximate surface area is 111 Å². The molecular formula is C15H26AlN. The van der Waals surface area contributed by atoms with Crippen molar-refractivity contribution in [2.24, 2.45) is 0 Å².